The first-order valence-corrected chi connectivity index (χ1v) is 10.9. The number of oxime groups is 1. The van der Waals surface area contributed by atoms with Crippen LogP contribution in [-0.4, -0.2) is 38.5 Å². The molecule has 0 aromatic heterocycles. The van der Waals surface area contributed by atoms with E-state index in [-0.39, 0.29) is 11.9 Å². The van der Waals surface area contributed by atoms with E-state index in [2.05, 4.69) is 22.6 Å². The van der Waals surface area contributed by atoms with Gasteiger partial charge in [-0.3, -0.25) is 4.79 Å². The van der Waals surface area contributed by atoms with Crippen LogP contribution in [-0.2, 0) is 28.9 Å². The Morgan fingerprint density at radius 3 is 2.55 bits per heavy atom. The van der Waals surface area contributed by atoms with Crippen LogP contribution in [0.1, 0.15) is 48.9 Å². The van der Waals surface area contributed by atoms with Crippen LogP contribution < -0.4 is 14.8 Å². The number of nitrogens with zero attached hydrogens (tertiary/aromatic N) is 1. The third-order valence-electron chi connectivity index (χ3n) is 5.47. The van der Waals surface area contributed by atoms with Gasteiger partial charge in [0.05, 0.1) is 13.7 Å². The number of methoxy groups -OCH3 is 1. The molecule has 2 aromatic carbocycles. The summed E-state index contributed by atoms with van der Waals surface area (Å²) in [5, 5.41) is 7.08. The van der Waals surface area contributed by atoms with Crippen LogP contribution in [0.5, 0.6) is 11.5 Å². The Labute approximate surface area is 184 Å². The fourth-order valence-corrected chi connectivity index (χ4v) is 4.01. The van der Waals surface area contributed by atoms with Gasteiger partial charge >= 0.3 is 0 Å². The van der Waals surface area contributed by atoms with E-state index in [0.29, 0.717) is 30.2 Å². The second-order valence-corrected chi connectivity index (χ2v) is 7.81. The van der Waals surface area contributed by atoms with E-state index in [9.17, 15) is 4.79 Å². The Bertz CT molecular complexity index is 939. The maximum atomic E-state index is 13.0. The SMILES string of the molecule is CCOc1ccc(CC(C)NC(=O)C(=NOC)c2ccc3c(c2)CCCC3)cc1OC. The molecule has 0 spiro atoms. The van der Waals surface area contributed by atoms with Crippen LogP contribution >= 0.6 is 0 Å². The van der Waals surface area contributed by atoms with Crippen LogP contribution in [0.3, 0.4) is 0 Å². The summed E-state index contributed by atoms with van der Waals surface area (Å²) in [6.45, 7) is 4.48. The fourth-order valence-electron chi connectivity index (χ4n) is 4.01. The van der Waals surface area contributed by atoms with Gasteiger partial charge in [0.1, 0.15) is 7.11 Å². The zero-order valence-corrected chi connectivity index (χ0v) is 18.9. The fraction of sp³-hybridized carbons (Fsp3) is 0.440. The highest BCUT2D eigenvalue weighted by atomic mass is 16.6. The van der Waals surface area contributed by atoms with Crippen molar-refractivity contribution in [1.29, 1.82) is 0 Å². The lowest BCUT2D eigenvalue weighted by Gasteiger charge is -2.18. The summed E-state index contributed by atoms with van der Waals surface area (Å²) in [4.78, 5) is 18.0. The molecule has 0 saturated carbocycles. The van der Waals surface area contributed by atoms with Crippen molar-refractivity contribution < 1.29 is 19.1 Å². The van der Waals surface area contributed by atoms with Gasteiger partial charge < -0.3 is 19.6 Å². The van der Waals surface area contributed by atoms with Crippen molar-refractivity contribution in [2.24, 2.45) is 5.16 Å². The molecule has 0 saturated heterocycles. The number of fused-ring (bicyclic) bond motifs is 1. The second-order valence-electron chi connectivity index (χ2n) is 7.81. The average Bonchev–Trinajstić information content (AvgIpc) is 2.78. The molecule has 0 radical (unpaired) electrons. The number of ether oxygens (including phenoxy) is 2. The topological polar surface area (TPSA) is 69.2 Å². The lowest BCUT2D eigenvalue weighted by atomic mass is 9.89. The molecule has 6 heteroatoms. The van der Waals surface area contributed by atoms with E-state index in [1.54, 1.807) is 7.11 Å². The maximum Gasteiger partial charge on any atom is 0.274 e. The summed E-state index contributed by atoms with van der Waals surface area (Å²) < 4.78 is 11.0. The van der Waals surface area contributed by atoms with Gasteiger partial charge in [-0.15, -0.1) is 0 Å². The van der Waals surface area contributed by atoms with Gasteiger partial charge in [-0.1, -0.05) is 23.4 Å². The zero-order chi connectivity index (χ0) is 22.2. The number of aryl methyl sites for hydroxylation is 2. The van der Waals surface area contributed by atoms with Crippen molar-refractivity contribution in [3.63, 3.8) is 0 Å². The normalized spacial score (nSPS) is 14.4. The molecule has 3 rings (SSSR count). The quantitative estimate of drug-likeness (QED) is 0.487. The molecule has 6 nitrogen and oxygen atoms in total. The molecule has 0 aliphatic heterocycles. The van der Waals surface area contributed by atoms with Crippen LogP contribution in [0, 0.1) is 0 Å². The smallest absolute Gasteiger partial charge is 0.274 e. The molecular formula is C25H32N2O4. The number of benzene rings is 2. The molecule has 1 amide bonds. The van der Waals surface area contributed by atoms with E-state index in [0.717, 1.165) is 24.0 Å². The molecular weight excluding hydrogens is 392 g/mol. The summed E-state index contributed by atoms with van der Waals surface area (Å²) in [6, 6.07) is 11.9. The van der Waals surface area contributed by atoms with Gasteiger partial charge in [0.15, 0.2) is 17.2 Å². The lowest BCUT2D eigenvalue weighted by molar-refractivity contribution is -0.115. The first kappa shape index (κ1) is 22.7. The van der Waals surface area contributed by atoms with Gasteiger partial charge in [-0.25, -0.2) is 0 Å². The lowest BCUT2D eigenvalue weighted by Crippen LogP contribution is -2.39. The van der Waals surface area contributed by atoms with E-state index in [1.165, 1.54) is 31.1 Å². The van der Waals surface area contributed by atoms with Crippen molar-refractivity contribution in [2.75, 3.05) is 20.8 Å². The highest BCUT2D eigenvalue weighted by molar-refractivity contribution is 6.45. The number of carbonyl (C=O) groups excluding carboxylic acids is 1. The third kappa shape index (κ3) is 5.78. The standard InChI is InChI=1S/C25H32N2O4/c1-5-31-22-13-10-18(15-23(22)29-3)14-17(2)26-25(28)24(27-30-4)21-12-11-19-8-6-7-9-20(19)16-21/h10-13,15-17H,5-9,14H2,1-4H3,(H,26,28). The Kier molecular flexibility index (Phi) is 7.93. The molecule has 0 fully saturated rings. The van der Waals surface area contributed by atoms with Gasteiger partial charge in [0.2, 0.25) is 0 Å². The van der Waals surface area contributed by atoms with Gasteiger partial charge in [-0.05, 0) is 80.8 Å². The van der Waals surface area contributed by atoms with Gasteiger partial charge in [0, 0.05) is 11.6 Å². The molecule has 0 bridgehead atoms. The minimum Gasteiger partial charge on any atom is -0.493 e. The highest BCUT2D eigenvalue weighted by Crippen LogP contribution is 2.28. The molecule has 1 aliphatic carbocycles. The molecule has 1 N–H and O–H groups in total. The largest absolute Gasteiger partial charge is 0.493 e. The highest BCUT2D eigenvalue weighted by Gasteiger charge is 2.20. The van der Waals surface area contributed by atoms with Crippen LogP contribution in [0.4, 0.5) is 0 Å². The van der Waals surface area contributed by atoms with Crippen molar-refractivity contribution in [2.45, 2.75) is 52.0 Å². The molecule has 2 aromatic rings. The minimum absolute atomic E-state index is 0.102. The minimum atomic E-state index is -0.247. The van der Waals surface area contributed by atoms with E-state index in [1.807, 2.05) is 38.1 Å². The van der Waals surface area contributed by atoms with Crippen molar-refractivity contribution in [1.82, 2.24) is 5.32 Å². The summed E-state index contributed by atoms with van der Waals surface area (Å²) in [6.07, 6.45) is 5.20. The van der Waals surface area contributed by atoms with Gasteiger partial charge in [0.25, 0.3) is 5.91 Å². The van der Waals surface area contributed by atoms with Crippen molar-refractivity contribution in [3.8, 4) is 11.5 Å². The summed E-state index contributed by atoms with van der Waals surface area (Å²) in [5.74, 6) is 1.16. The number of rotatable bonds is 9. The molecule has 0 heterocycles. The third-order valence-corrected chi connectivity index (χ3v) is 5.47. The van der Waals surface area contributed by atoms with Gasteiger partial charge in [-0.2, -0.15) is 0 Å². The number of hydrogen-bond donors (Lipinski definition) is 1. The number of nitrogens with one attached hydrogen (secondary N) is 1. The Hall–Kier alpha value is -3.02. The van der Waals surface area contributed by atoms with E-state index in [4.69, 9.17) is 14.3 Å². The number of hydrogen-bond acceptors (Lipinski definition) is 5. The summed E-state index contributed by atoms with van der Waals surface area (Å²) in [5.41, 5.74) is 4.80. The van der Waals surface area contributed by atoms with Crippen LogP contribution in [0.2, 0.25) is 0 Å². The second kappa shape index (κ2) is 10.8. The van der Waals surface area contributed by atoms with E-state index < -0.39 is 0 Å². The van der Waals surface area contributed by atoms with Crippen molar-refractivity contribution >= 4 is 11.6 Å². The van der Waals surface area contributed by atoms with E-state index >= 15 is 0 Å². The predicted molar refractivity (Wildman–Crippen MR) is 122 cm³/mol. The Balaban J connectivity index is 1.70. The monoisotopic (exact) mass is 424 g/mol. The molecule has 1 atom stereocenters. The zero-order valence-electron chi connectivity index (χ0n) is 18.9. The number of carbonyl (C=O) groups is 1. The van der Waals surface area contributed by atoms with Crippen LogP contribution in [0.25, 0.3) is 0 Å². The van der Waals surface area contributed by atoms with Crippen LogP contribution in [0.15, 0.2) is 41.6 Å². The molecule has 1 unspecified atom stereocenters. The summed E-state index contributed by atoms with van der Waals surface area (Å²) >= 11 is 0. The van der Waals surface area contributed by atoms with Crippen molar-refractivity contribution in [3.05, 3.63) is 58.7 Å². The molecule has 31 heavy (non-hydrogen) atoms. The average molecular weight is 425 g/mol. The number of amides is 1. The Morgan fingerprint density at radius 2 is 1.84 bits per heavy atom. The first-order valence-electron chi connectivity index (χ1n) is 10.9. The maximum absolute atomic E-state index is 13.0. The first-order chi connectivity index (χ1) is 15.0. The predicted octanol–water partition coefficient (Wildman–Crippen LogP) is 4.07. The molecule has 166 valence electrons. The molecule has 1 aliphatic rings. The summed E-state index contributed by atoms with van der Waals surface area (Å²) in [7, 11) is 3.08. The Morgan fingerprint density at radius 1 is 1.06 bits per heavy atom.